The molecule has 0 bridgehead atoms. The number of ether oxygens (including phenoxy) is 2. The summed E-state index contributed by atoms with van der Waals surface area (Å²) in [6.07, 6.45) is 3.09. The number of halogens is 1. The quantitative estimate of drug-likeness (QED) is 0.822. The smallest absolute Gasteiger partial charge is 0.244 e. The van der Waals surface area contributed by atoms with Crippen LogP contribution in [0.3, 0.4) is 0 Å². The van der Waals surface area contributed by atoms with Crippen LogP contribution in [0.2, 0.25) is 0 Å². The van der Waals surface area contributed by atoms with E-state index >= 15 is 0 Å². The van der Waals surface area contributed by atoms with Crippen LogP contribution in [0.25, 0.3) is 6.08 Å². The number of rotatable bonds is 6. The average Bonchev–Trinajstić information content (AvgIpc) is 2.60. The molecule has 0 radical (unpaired) electrons. The molecule has 0 spiro atoms. The fourth-order valence-electron chi connectivity index (χ4n) is 2.23. The van der Waals surface area contributed by atoms with Gasteiger partial charge in [0.2, 0.25) is 5.91 Å². The highest BCUT2D eigenvalue weighted by atomic mass is 19.1. The molecule has 0 saturated heterocycles. The predicted molar refractivity (Wildman–Crippen MR) is 91.5 cm³/mol. The first-order chi connectivity index (χ1) is 11.5. The molecule has 0 fully saturated rings. The van der Waals surface area contributed by atoms with Crippen molar-refractivity contribution < 1.29 is 18.7 Å². The van der Waals surface area contributed by atoms with E-state index in [-0.39, 0.29) is 17.8 Å². The third-order valence-electron chi connectivity index (χ3n) is 3.58. The van der Waals surface area contributed by atoms with Crippen LogP contribution in [0.5, 0.6) is 11.5 Å². The molecule has 0 aliphatic heterocycles. The van der Waals surface area contributed by atoms with Gasteiger partial charge < -0.3 is 14.8 Å². The van der Waals surface area contributed by atoms with Gasteiger partial charge in [-0.05, 0) is 48.9 Å². The fraction of sp³-hybridized carbons (Fsp3) is 0.211. The normalized spacial score (nSPS) is 12.0. The highest BCUT2D eigenvalue weighted by Crippen LogP contribution is 2.25. The Morgan fingerprint density at radius 1 is 1.12 bits per heavy atom. The summed E-state index contributed by atoms with van der Waals surface area (Å²) in [6.45, 7) is 1.84. The van der Waals surface area contributed by atoms with E-state index in [0.29, 0.717) is 11.5 Å². The third-order valence-corrected chi connectivity index (χ3v) is 3.58. The second kappa shape index (κ2) is 8.15. The van der Waals surface area contributed by atoms with E-state index in [1.807, 2.05) is 6.92 Å². The van der Waals surface area contributed by atoms with E-state index in [4.69, 9.17) is 9.47 Å². The maximum atomic E-state index is 12.9. The molecule has 1 atom stereocenters. The molecule has 2 aromatic rings. The SMILES string of the molecule is COc1ccc(OC)c(/C=C/C(=O)N[C@@H](C)c2ccc(F)cc2)c1. The van der Waals surface area contributed by atoms with Crippen LogP contribution >= 0.6 is 0 Å². The Bertz CT molecular complexity index is 726. The molecule has 0 heterocycles. The van der Waals surface area contributed by atoms with Gasteiger partial charge in [0.15, 0.2) is 0 Å². The lowest BCUT2D eigenvalue weighted by Gasteiger charge is -2.13. The second-order valence-corrected chi connectivity index (χ2v) is 5.22. The summed E-state index contributed by atoms with van der Waals surface area (Å²) < 4.78 is 23.4. The van der Waals surface area contributed by atoms with Crippen LogP contribution < -0.4 is 14.8 Å². The summed E-state index contributed by atoms with van der Waals surface area (Å²) in [4.78, 5) is 12.1. The summed E-state index contributed by atoms with van der Waals surface area (Å²) >= 11 is 0. The van der Waals surface area contributed by atoms with E-state index in [0.717, 1.165) is 11.1 Å². The molecule has 1 N–H and O–H groups in total. The van der Waals surface area contributed by atoms with E-state index in [1.54, 1.807) is 50.6 Å². The van der Waals surface area contributed by atoms with Gasteiger partial charge in [-0.15, -0.1) is 0 Å². The topological polar surface area (TPSA) is 47.6 Å². The van der Waals surface area contributed by atoms with Crippen molar-refractivity contribution >= 4 is 12.0 Å². The van der Waals surface area contributed by atoms with Crippen LogP contribution in [-0.2, 0) is 4.79 Å². The van der Waals surface area contributed by atoms with Gasteiger partial charge >= 0.3 is 0 Å². The molecular weight excluding hydrogens is 309 g/mol. The van der Waals surface area contributed by atoms with Crippen LogP contribution in [0.15, 0.2) is 48.5 Å². The van der Waals surface area contributed by atoms with Gasteiger partial charge in [-0.2, -0.15) is 0 Å². The van der Waals surface area contributed by atoms with Crippen molar-refractivity contribution in [3.8, 4) is 11.5 Å². The lowest BCUT2D eigenvalue weighted by molar-refractivity contribution is -0.117. The van der Waals surface area contributed by atoms with Crippen molar-refractivity contribution in [2.45, 2.75) is 13.0 Å². The van der Waals surface area contributed by atoms with E-state index in [9.17, 15) is 9.18 Å². The number of carbonyl (C=O) groups excluding carboxylic acids is 1. The first kappa shape index (κ1) is 17.5. The third kappa shape index (κ3) is 4.59. The van der Waals surface area contributed by atoms with Gasteiger partial charge in [-0.3, -0.25) is 4.79 Å². The summed E-state index contributed by atoms with van der Waals surface area (Å²) in [5, 5.41) is 2.83. The van der Waals surface area contributed by atoms with Gasteiger partial charge in [0.05, 0.1) is 20.3 Å². The van der Waals surface area contributed by atoms with Crippen molar-refractivity contribution in [2.75, 3.05) is 14.2 Å². The monoisotopic (exact) mass is 329 g/mol. The number of hydrogen-bond donors (Lipinski definition) is 1. The molecule has 126 valence electrons. The zero-order valence-electron chi connectivity index (χ0n) is 13.9. The number of amides is 1. The number of nitrogens with one attached hydrogen (secondary N) is 1. The van der Waals surface area contributed by atoms with Crippen LogP contribution in [-0.4, -0.2) is 20.1 Å². The second-order valence-electron chi connectivity index (χ2n) is 5.22. The zero-order valence-corrected chi connectivity index (χ0v) is 13.9. The molecule has 0 aliphatic rings. The average molecular weight is 329 g/mol. The molecule has 0 saturated carbocycles. The molecule has 0 aliphatic carbocycles. The van der Waals surface area contributed by atoms with Crippen molar-refractivity contribution in [1.29, 1.82) is 0 Å². The van der Waals surface area contributed by atoms with Crippen molar-refractivity contribution in [1.82, 2.24) is 5.32 Å². The number of methoxy groups -OCH3 is 2. The van der Waals surface area contributed by atoms with Crippen molar-refractivity contribution in [3.63, 3.8) is 0 Å². The molecule has 1 amide bonds. The predicted octanol–water partition coefficient (Wildman–Crippen LogP) is 3.73. The van der Waals surface area contributed by atoms with E-state index in [1.165, 1.54) is 18.2 Å². The Hall–Kier alpha value is -2.82. The minimum Gasteiger partial charge on any atom is -0.497 e. The van der Waals surface area contributed by atoms with E-state index in [2.05, 4.69) is 5.32 Å². The van der Waals surface area contributed by atoms with Crippen molar-refractivity contribution in [2.24, 2.45) is 0 Å². The molecule has 24 heavy (non-hydrogen) atoms. The Labute approximate surface area is 140 Å². The number of carbonyl (C=O) groups is 1. The first-order valence-electron chi connectivity index (χ1n) is 7.49. The molecule has 2 aromatic carbocycles. The highest BCUT2D eigenvalue weighted by Gasteiger charge is 2.08. The van der Waals surface area contributed by atoms with Gasteiger partial charge in [0, 0.05) is 11.6 Å². The summed E-state index contributed by atoms with van der Waals surface area (Å²) in [6, 6.07) is 11.2. The summed E-state index contributed by atoms with van der Waals surface area (Å²) in [7, 11) is 3.14. The van der Waals surface area contributed by atoms with Gasteiger partial charge in [-0.25, -0.2) is 4.39 Å². The molecule has 0 unspecified atom stereocenters. The van der Waals surface area contributed by atoms with Crippen LogP contribution in [0, 0.1) is 5.82 Å². The minimum absolute atomic E-state index is 0.227. The standard InChI is InChI=1S/C19H20FNO3/c1-13(14-4-7-16(20)8-5-14)21-19(22)11-6-15-12-17(23-2)9-10-18(15)24-3/h4-13H,1-3H3,(H,21,22)/b11-6+/t13-/m0/s1. The van der Waals surface area contributed by atoms with Crippen molar-refractivity contribution in [3.05, 3.63) is 65.5 Å². The highest BCUT2D eigenvalue weighted by molar-refractivity contribution is 5.92. The summed E-state index contributed by atoms with van der Waals surface area (Å²) in [5.74, 6) is 0.765. The maximum absolute atomic E-state index is 12.9. The Balaban J connectivity index is 2.06. The van der Waals surface area contributed by atoms with Gasteiger partial charge in [0.25, 0.3) is 0 Å². The molecule has 2 rings (SSSR count). The largest absolute Gasteiger partial charge is 0.497 e. The molecule has 4 nitrogen and oxygen atoms in total. The Kier molecular flexibility index (Phi) is 5.95. The number of benzene rings is 2. The summed E-state index contributed by atoms with van der Waals surface area (Å²) in [5.41, 5.74) is 1.57. The van der Waals surface area contributed by atoms with Crippen LogP contribution in [0.4, 0.5) is 4.39 Å². The van der Waals surface area contributed by atoms with E-state index < -0.39 is 0 Å². The fourth-order valence-corrected chi connectivity index (χ4v) is 2.23. The Morgan fingerprint density at radius 3 is 2.46 bits per heavy atom. The molecule has 0 aromatic heterocycles. The first-order valence-corrected chi connectivity index (χ1v) is 7.49. The lowest BCUT2D eigenvalue weighted by atomic mass is 10.1. The van der Waals surface area contributed by atoms with Gasteiger partial charge in [-0.1, -0.05) is 12.1 Å². The Morgan fingerprint density at radius 2 is 1.83 bits per heavy atom. The molecule has 5 heteroatoms. The number of hydrogen-bond acceptors (Lipinski definition) is 3. The van der Waals surface area contributed by atoms with Crippen LogP contribution in [0.1, 0.15) is 24.1 Å². The van der Waals surface area contributed by atoms with Gasteiger partial charge in [0.1, 0.15) is 17.3 Å². The molecular formula is C19H20FNO3. The maximum Gasteiger partial charge on any atom is 0.244 e. The lowest BCUT2D eigenvalue weighted by Crippen LogP contribution is -2.24. The minimum atomic E-state index is -0.303. The zero-order chi connectivity index (χ0) is 17.5.